The van der Waals surface area contributed by atoms with E-state index in [4.69, 9.17) is 4.74 Å². The number of benzene rings is 2. The fraction of sp³-hybridized carbons (Fsp3) is 0.188. The van der Waals surface area contributed by atoms with Crippen LogP contribution in [0, 0.1) is 0 Å². The zero-order valence-electron chi connectivity index (χ0n) is 13.1. The van der Waals surface area contributed by atoms with Crippen LogP contribution in [0.15, 0.2) is 52.2 Å². The molecule has 1 aromatic heterocycles. The Hall–Kier alpha value is -2.32. The van der Waals surface area contributed by atoms with E-state index in [0.29, 0.717) is 28.3 Å². The van der Waals surface area contributed by atoms with E-state index in [0.717, 1.165) is 11.3 Å². The van der Waals surface area contributed by atoms with Crippen molar-refractivity contribution in [3.63, 3.8) is 0 Å². The first-order valence-electron chi connectivity index (χ1n) is 7.26. The highest BCUT2D eigenvalue weighted by Gasteiger charge is 2.16. The second-order valence-electron chi connectivity index (χ2n) is 5.12. The fourth-order valence-electron chi connectivity index (χ4n) is 2.28. The topological polar surface area (TPSA) is 77.4 Å². The lowest BCUT2D eigenvalue weighted by Gasteiger charge is -2.09. The quantitative estimate of drug-likeness (QED) is 0.755. The van der Waals surface area contributed by atoms with E-state index in [2.05, 4.69) is 4.72 Å². The molecule has 1 N–H and O–H groups in total. The fourth-order valence-corrected chi connectivity index (χ4v) is 4.36. The van der Waals surface area contributed by atoms with Gasteiger partial charge in [-0.05, 0) is 49.4 Å². The van der Waals surface area contributed by atoms with Crippen molar-refractivity contribution in [3.05, 3.63) is 52.1 Å². The van der Waals surface area contributed by atoms with Crippen LogP contribution in [0.2, 0.25) is 0 Å². The second kappa shape index (κ2) is 6.29. The van der Waals surface area contributed by atoms with Gasteiger partial charge in [0, 0.05) is 12.7 Å². The second-order valence-corrected chi connectivity index (χ2v) is 7.80. The summed E-state index contributed by atoms with van der Waals surface area (Å²) in [6.07, 6.45) is 0. The van der Waals surface area contributed by atoms with Gasteiger partial charge in [-0.15, -0.1) is 0 Å². The summed E-state index contributed by atoms with van der Waals surface area (Å²) < 4.78 is 35.0. The van der Waals surface area contributed by atoms with E-state index < -0.39 is 10.0 Å². The summed E-state index contributed by atoms with van der Waals surface area (Å²) in [5.41, 5.74) is 1.16. The number of hydrogen-bond acceptors (Lipinski definition) is 5. The highest BCUT2D eigenvalue weighted by atomic mass is 32.2. The molecular formula is C16H16N2O4S2. The molecule has 0 bridgehead atoms. The maximum Gasteiger partial charge on any atom is 0.307 e. The van der Waals surface area contributed by atoms with Crippen molar-refractivity contribution in [1.29, 1.82) is 0 Å². The maximum atomic E-state index is 12.5. The molecule has 1 heterocycles. The number of fused-ring (bicyclic) bond motifs is 1. The Kier molecular flexibility index (Phi) is 4.33. The number of nitrogens with zero attached hydrogens (tertiary/aromatic N) is 1. The number of sulfonamides is 1. The predicted molar refractivity (Wildman–Crippen MR) is 95.5 cm³/mol. The molecule has 0 aliphatic carbocycles. The van der Waals surface area contributed by atoms with Crippen molar-refractivity contribution in [2.45, 2.75) is 11.8 Å². The average Bonchev–Trinajstić information content (AvgIpc) is 2.83. The first-order chi connectivity index (χ1) is 11.4. The van der Waals surface area contributed by atoms with Crippen LogP contribution in [0.4, 0.5) is 5.69 Å². The Morgan fingerprint density at radius 2 is 1.88 bits per heavy atom. The molecule has 3 rings (SSSR count). The monoisotopic (exact) mass is 364 g/mol. The summed E-state index contributed by atoms with van der Waals surface area (Å²) >= 11 is 1.02. The minimum Gasteiger partial charge on any atom is -0.494 e. The van der Waals surface area contributed by atoms with E-state index in [1.807, 2.05) is 6.92 Å². The Morgan fingerprint density at radius 3 is 2.54 bits per heavy atom. The number of rotatable bonds is 5. The zero-order valence-corrected chi connectivity index (χ0v) is 14.8. The molecule has 6 nitrogen and oxygen atoms in total. The molecule has 0 unspecified atom stereocenters. The summed E-state index contributed by atoms with van der Waals surface area (Å²) in [6.45, 7) is 2.43. The van der Waals surface area contributed by atoms with Crippen LogP contribution in [0.25, 0.3) is 10.2 Å². The van der Waals surface area contributed by atoms with Gasteiger partial charge < -0.3 is 9.30 Å². The minimum atomic E-state index is -3.73. The van der Waals surface area contributed by atoms with Gasteiger partial charge in [0.2, 0.25) is 0 Å². The van der Waals surface area contributed by atoms with Crippen LogP contribution < -0.4 is 14.3 Å². The highest BCUT2D eigenvalue weighted by Crippen LogP contribution is 2.24. The van der Waals surface area contributed by atoms with Gasteiger partial charge in [0.1, 0.15) is 5.75 Å². The standard InChI is InChI=1S/C16H16N2O4S2/c1-3-22-12-6-4-11(5-7-12)17-24(20,21)13-8-9-14-15(10-13)23-16(19)18(14)2/h4-10,17H,3H2,1-2H3. The third-order valence-electron chi connectivity index (χ3n) is 3.49. The first-order valence-corrected chi connectivity index (χ1v) is 9.56. The Morgan fingerprint density at radius 1 is 1.17 bits per heavy atom. The lowest BCUT2D eigenvalue weighted by molar-refractivity contribution is 0.340. The smallest absolute Gasteiger partial charge is 0.307 e. The van der Waals surface area contributed by atoms with Crippen molar-refractivity contribution in [2.75, 3.05) is 11.3 Å². The Labute approximate surface area is 143 Å². The number of hydrogen-bond donors (Lipinski definition) is 1. The molecular weight excluding hydrogens is 348 g/mol. The van der Waals surface area contributed by atoms with E-state index in [9.17, 15) is 13.2 Å². The Bertz CT molecular complexity index is 1030. The average molecular weight is 364 g/mol. The predicted octanol–water partition coefficient (Wildman–Crippen LogP) is 2.80. The van der Waals surface area contributed by atoms with Gasteiger partial charge in [-0.25, -0.2) is 8.42 Å². The Balaban J connectivity index is 1.91. The van der Waals surface area contributed by atoms with E-state index in [1.54, 1.807) is 37.4 Å². The number of aromatic nitrogens is 1. The van der Waals surface area contributed by atoms with Crippen LogP contribution in [-0.4, -0.2) is 19.6 Å². The van der Waals surface area contributed by atoms with Gasteiger partial charge in [0.05, 0.1) is 21.7 Å². The van der Waals surface area contributed by atoms with Crippen molar-refractivity contribution >= 4 is 37.3 Å². The van der Waals surface area contributed by atoms with Crippen LogP contribution in [0.1, 0.15) is 6.92 Å². The van der Waals surface area contributed by atoms with Gasteiger partial charge in [0.25, 0.3) is 10.0 Å². The molecule has 0 atom stereocenters. The number of aryl methyl sites for hydroxylation is 1. The molecule has 126 valence electrons. The number of nitrogens with one attached hydrogen (secondary N) is 1. The van der Waals surface area contributed by atoms with Crippen molar-refractivity contribution in [3.8, 4) is 5.75 Å². The van der Waals surface area contributed by atoms with Crippen LogP contribution >= 0.6 is 11.3 Å². The lowest BCUT2D eigenvalue weighted by atomic mass is 10.3. The third kappa shape index (κ3) is 3.15. The third-order valence-corrected chi connectivity index (χ3v) is 5.87. The van der Waals surface area contributed by atoms with E-state index in [-0.39, 0.29) is 9.77 Å². The van der Waals surface area contributed by atoms with E-state index in [1.165, 1.54) is 16.7 Å². The number of ether oxygens (including phenoxy) is 1. The molecule has 0 aliphatic rings. The first kappa shape index (κ1) is 16.5. The van der Waals surface area contributed by atoms with Gasteiger partial charge in [-0.3, -0.25) is 9.52 Å². The molecule has 3 aromatic rings. The van der Waals surface area contributed by atoms with Crippen LogP contribution in [0.5, 0.6) is 5.75 Å². The summed E-state index contributed by atoms with van der Waals surface area (Å²) in [7, 11) is -2.07. The van der Waals surface area contributed by atoms with Crippen molar-refractivity contribution in [1.82, 2.24) is 4.57 Å². The SMILES string of the molecule is CCOc1ccc(NS(=O)(=O)c2ccc3c(c2)sc(=O)n3C)cc1. The molecule has 8 heteroatoms. The summed E-state index contributed by atoms with van der Waals surface area (Å²) in [5, 5.41) is 0. The van der Waals surface area contributed by atoms with Crippen LogP contribution in [0.3, 0.4) is 0 Å². The van der Waals surface area contributed by atoms with Gasteiger partial charge >= 0.3 is 4.87 Å². The molecule has 0 radical (unpaired) electrons. The molecule has 0 fully saturated rings. The highest BCUT2D eigenvalue weighted by molar-refractivity contribution is 7.92. The molecule has 0 amide bonds. The van der Waals surface area contributed by atoms with Crippen molar-refractivity contribution < 1.29 is 13.2 Å². The normalized spacial score (nSPS) is 11.6. The summed E-state index contributed by atoms with van der Waals surface area (Å²) in [5.74, 6) is 0.677. The molecule has 0 saturated carbocycles. The largest absolute Gasteiger partial charge is 0.494 e. The molecule has 0 spiro atoms. The van der Waals surface area contributed by atoms with Crippen molar-refractivity contribution in [2.24, 2.45) is 7.05 Å². The maximum absolute atomic E-state index is 12.5. The van der Waals surface area contributed by atoms with Gasteiger partial charge in [-0.1, -0.05) is 11.3 Å². The number of thiazole rings is 1. The lowest BCUT2D eigenvalue weighted by Crippen LogP contribution is -2.12. The van der Waals surface area contributed by atoms with Crippen LogP contribution in [-0.2, 0) is 17.1 Å². The summed E-state index contributed by atoms with van der Waals surface area (Å²) in [6, 6.07) is 11.3. The van der Waals surface area contributed by atoms with Gasteiger partial charge in [0.15, 0.2) is 0 Å². The molecule has 0 saturated heterocycles. The minimum absolute atomic E-state index is 0.116. The molecule has 0 aliphatic heterocycles. The van der Waals surface area contributed by atoms with E-state index >= 15 is 0 Å². The molecule has 24 heavy (non-hydrogen) atoms. The number of anilines is 1. The van der Waals surface area contributed by atoms with Gasteiger partial charge in [-0.2, -0.15) is 0 Å². The summed E-state index contributed by atoms with van der Waals surface area (Å²) in [4.78, 5) is 11.7. The molecule has 2 aromatic carbocycles. The zero-order chi connectivity index (χ0) is 17.3.